The number of thioether (sulfide) groups is 1. The summed E-state index contributed by atoms with van der Waals surface area (Å²) in [6, 6.07) is 16.7. The van der Waals surface area contributed by atoms with Crippen molar-refractivity contribution in [1.82, 2.24) is 40.2 Å². The first-order valence-corrected chi connectivity index (χ1v) is 12.6. The third-order valence-electron chi connectivity index (χ3n) is 5.92. The van der Waals surface area contributed by atoms with E-state index in [9.17, 15) is 0 Å². The Hall–Kier alpha value is -3.59. The lowest BCUT2D eigenvalue weighted by atomic mass is 9.96. The molecule has 0 aliphatic carbocycles. The molecule has 3 heterocycles. The number of fused-ring (bicyclic) bond motifs is 1. The first kappa shape index (κ1) is 22.2. The molecule has 8 nitrogen and oxygen atoms in total. The van der Waals surface area contributed by atoms with Crippen LogP contribution in [0.1, 0.15) is 42.4 Å². The smallest absolute Gasteiger partial charge is 0.209 e. The molecule has 2 aromatic carbocycles. The molecule has 0 aliphatic heterocycles. The third kappa shape index (κ3) is 4.31. The van der Waals surface area contributed by atoms with Crippen molar-refractivity contribution in [2.75, 3.05) is 6.26 Å². The lowest BCUT2D eigenvalue weighted by Gasteiger charge is -2.12. The zero-order valence-corrected chi connectivity index (χ0v) is 20.3. The highest BCUT2D eigenvalue weighted by atomic mass is 32.2. The van der Waals surface area contributed by atoms with Crippen LogP contribution in [0.3, 0.4) is 0 Å². The van der Waals surface area contributed by atoms with Crippen LogP contribution in [0.2, 0.25) is 0 Å². The number of nitrogens with one attached hydrogen (secondary N) is 1. The molecule has 0 radical (unpaired) electrons. The molecule has 172 valence electrons. The Labute approximate surface area is 202 Å². The van der Waals surface area contributed by atoms with Gasteiger partial charge >= 0.3 is 0 Å². The van der Waals surface area contributed by atoms with E-state index in [1.165, 1.54) is 5.56 Å². The first-order valence-electron chi connectivity index (χ1n) is 11.4. The summed E-state index contributed by atoms with van der Waals surface area (Å²) in [4.78, 5) is 9.73. The number of aryl methyl sites for hydroxylation is 2. The molecule has 5 aromatic rings. The van der Waals surface area contributed by atoms with Gasteiger partial charge < -0.3 is 0 Å². The van der Waals surface area contributed by atoms with Gasteiger partial charge in [-0.3, -0.25) is 0 Å². The van der Waals surface area contributed by atoms with E-state index in [-0.39, 0.29) is 0 Å². The Morgan fingerprint density at radius 1 is 1.00 bits per heavy atom. The van der Waals surface area contributed by atoms with E-state index in [2.05, 4.69) is 63.0 Å². The summed E-state index contributed by atoms with van der Waals surface area (Å²) < 4.78 is 1.88. The number of nitrogens with zero attached hydrogens (tertiary/aromatic N) is 7. The van der Waals surface area contributed by atoms with Crippen LogP contribution in [-0.2, 0) is 12.8 Å². The molecular weight excluding hydrogens is 444 g/mol. The van der Waals surface area contributed by atoms with Crippen LogP contribution in [0.15, 0.2) is 53.7 Å². The van der Waals surface area contributed by atoms with Gasteiger partial charge in [0.25, 0.3) is 0 Å². The normalized spacial score (nSPS) is 11.4. The van der Waals surface area contributed by atoms with E-state index in [1.807, 2.05) is 35.9 Å². The molecule has 0 saturated carbocycles. The maximum absolute atomic E-state index is 4.92. The number of unbranched alkanes of at least 4 members (excludes halogenated alkanes) is 1. The summed E-state index contributed by atoms with van der Waals surface area (Å²) in [6.07, 6.45) is 5.93. The SMILES string of the molecule is CCCCc1nc(C)n2nc(SC)nc2c1Cc1ccc(-c2ccccc2-c2nn[nH]n2)cc1. The molecule has 0 fully saturated rings. The second kappa shape index (κ2) is 9.72. The second-order valence-corrected chi connectivity index (χ2v) is 8.95. The number of hydrogen-bond acceptors (Lipinski definition) is 7. The summed E-state index contributed by atoms with van der Waals surface area (Å²) in [5, 5.41) is 20.0. The largest absolute Gasteiger partial charge is 0.238 e. The van der Waals surface area contributed by atoms with Gasteiger partial charge in [0.15, 0.2) is 5.65 Å². The van der Waals surface area contributed by atoms with Gasteiger partial charge in [-0.25, -0.2) is 9.97 Å². The van der Waals surface area contributed by atoms with Crippen LogP contribution in [-0.4, -0.2) is 46.5 Å². The minimum Gasteiger partial charge on any atom is -0.238 e. The number of aromatic nitrogens is 8. The molecule has 0 spiro atoms. The van der Waals surface area contributed by atoms with E-state index in [1.54, 1.807) is 11.8 Å². The Bertz CT molecular complexity index is 1410. The number of rotatable bonds is 8. The van der Waals surface area contributed by atoms with Crippen molar-refractivity contribution in [3.63, 3.8) is 0 Å². The van der Waals surface area contributed by atoms with Crippen LogP contribution < -0.4 is 0 Å². The van der Waals surface area contributed by atoms with E-state index >= 15 is 0 Å². The molecule has 0 saturated heterocycles. The summed E-state index contributed by atoms with van der Waals surface area (Å²) in [6.45, 7) is 4.21. The fourth-order valence-corrected chi connectivity index (χ4v) is 4.53. The monoisotopic (exact) mass is 470 g/mol. The Kier molecular flexibility index (Phi) is 6.35. The van der Waals surface area contributed by atoms with Gasteiger partial charge in [0.1, 0.15) is 5.82 Å². The van der Waals surface area contributed by atoms with Gasteiger partial charge in [0, 0.05) is 23.2 Å². The van der Waals surface area contributed by atoms with Crippen LogP contribution in [0.4, 0.5) is 0 Å². The predicted molar refractivity (Wildman–Crippen MR) is 134 cm³/mol. The van der Waals surface area contributed by atoms with Gasteiger partial charge in [-0.1, -0.05) is 73.6 Å². The molecule has 0 amide bonds. The predicted octanol–water partition coefficient (Wildman–Crippen LogP) is 4.94. The molecule has 0 aliphatic rings. The quantitative estimate of drug-likeness (QED) is 0.321. The summed E-state index contributed by atoms with van der Waals surface area (Å²) in [7, 11) is 0. The molecular formula is C25H26N8S. The van der Waals surface area contributed by atoms with Crippen molar-refractivity contribution in [2.24, 2.45) is 0 Å². The van der Waals surface area contributed by atoms with E-state index in [4.69, 9.17) is 9.97 Å². The fourth-order valence-electron chi connectivity index (χ4n) is 4.18. The maximum Gasteiger partial charge on any atom is 0.209 e. The minimum absolute atomic E-state index is 0.588. The molecule has 9 heteroatoms. The highest BCUT2D eigenvalue weighted by molar-refractivity contribution is 7.98. The van der Waals surface area contributed by atoms with Gasteiger partial charge in [-0.2, -0.15) is 9.73 Å². The topological polar surface area (TPSA) is 97.5 Å². The van der Waals surface area contributed by atoms with E-state index in [0.29, 0.717) is 5.82 Å². The summed E-state index contributed by atoms with van der Waals surface area (Å²) >= 11 is 1.55. The Morgan fingerprint density at radius 2 is 1.79 bits per heavy atom. The van der Waals surface area contributed by atoms with E-state index in [0.717, 1.165) is 70.3 Å². The number of tetrazole rings is 1. The number of aromatic amines is 1. The van der Waals surface area contributed by atoms with Crippen molar-refractivity contribution in [3.8, 4) is 22.5 Å². The lowest BCUT2D eigenvalue weighted by Crippen LogP contribution is -2.08. The number of H-pyrrole nitrogens is 1. The highest BCUT2D eigenvalue weighted by Crippen LogP contribution is 2.30. The lowest BCUT2D eigenvalue weighted by molar-refractivity contribution is 0.740. The standard InChI is InChI=1S/C25H26N8S/c1-4-5-10-22-21(24-27-25(34-3)30-33(24)16(2)26-22)15-17-11-13-18(14-12-17)19-8-6-7-9-20(19)23-28-31-32-29-23/h6-9,11-14H,4-5,10,15H2,1-3H3,(H,28,29,31,32). The number of hydrogen-bond donors (Lipinski definition) is 1. The average Bonchev–Trinajstić information content (AvgIpc) is 3.56. The van der Waals surface area contributed by atoms with Crippen molar-refractivity contribution < 1.29 is 0 Å². The average molecular weight is 471 g/mol. The van der Waals surface area contributed by atoms with Crippen molar-refractivity contribution in [1.29, 1.82) is 0 Å². The molecule has 0 atom stereocenters. The van der Waals surface area contributed by atoms with Crippen molar-refractivity contribution >= 4 is 17.4 Å². The molecule has 0 bridgehead atoms. The van der Waals surface area contributed by atoms with Crippen molar-refractivity contribution in [3.05, 3.63) is 71.2 Å². The van der Waals surface area contributed by atoms with Crippen molar-refractivity contribution in [2.45, 2.75) is 44.7 Å². The van der Waals surface area contributed by atoms with Gasteiger partial charge in [-0.05, 0) is 47.9 Å². The Morgan fingerprint density at radius 3 is 2.50 bits per heavy atom. The minimum atomic E-state index is 0.588. The zero-order chi connectivity index (χ0) is 23.5. The fraction of sp³-hybridized carbons (Fsp3) is 0.280. The third-order valence-corrected chi connectivity index (χ3v) is 6.46. The maximum atomic E-state index is 4.92. The second-order valence-electron chi connectivity index (χ2n) is 8.18. The molecule has 1 N–H and O–H groups in total. The molecule has 0 unspecified atom stereocenters. The number of benzene rings is 2. The summed E-state index contributed by atoms with van der Waals surface area (Å²) in [5.41, 5.74) is 7.53. The highest BCUT2D eigenvalue weighted by Gasteiger charge is 2.17. The Balaban J connectivity index is 1.51. The van der Waals surface area contributed by atoms with Gasteiger partial charge in [0.2, 0.25) is 11.0 Å². The van der Waals surface area contributed by atoms with Crippen LogP contribution in [0, 0.1) is 6.92 Å². The van der Waals surface area contributed by atoms with Crippen LogP contribution >= 0.6 is 11.8 Å². The molecule has 3 aromatic heterocycles. The van der Waals surface area contributed by atoms with Gasteiger partial charge in [0.05, 0.1) is 0 Å². The molecule has 5 rings (SSSR count). The van der Waals surface area contributed by atoms with Crippen LogP contribution in [0.25, 0.3) is 28.2 Å². The molecule has 34 heavy (non-hydrogen) atoms. The first-order chi connectivity index (χ1) is 16.7. The van der Waals surface area contributed by atoms with Gasteiger partial charge in [-0.15, -0.1) is 15.3 Å². The summed E-state index contributed by atoms with van der Waals surface area (Å²) in [5.74, 6) is 1.47. The van der Waals surface area contributed by atoms with Crippen LogP contribution in [0.5, 0.6) is 0 Å². The van der Waals surface area contributed by atoms with E-state index < -0.39 is 0 Å². The zero-order valence-electron chi connectivity index (χ0n) is 19.5.